The van der Waals surface area contributed by atoms with Gasteiger partial charge in [-0.2, -0.15) is 18.3 Å². The van der Waals surface area contributed by atoms with E-state index in [0.29, 0.717) is 31.2 Å². The summed E-state index contributed by atoms with van der Waals surface area (Å²) >= 11 is 6.45. The number of benzene rings is 1. The number of carbonyl (C=O) groups excluding carboxylic acids is 3. The quantitative estimate of drug-likeness (QED) is 0.330. The number of rotatable bonds is 8. The molecule has 1 aromatic carbocycles. The van der Waals surface area contributed by atoms with Crippen LogP contribution in [0.25, 0.3) is 11.3 Å². The van der Waals surface area contributed by atoms with Gasteiger partial charge in [-0.3, -0.25) is 19.1 Å². The minimum Gasteiger partial charge on any atom is -0.349 e. The molecule has 7 rings (SSSR count). The van der Waals surface area contributed by atoms with E-state index in [-0.39, 0.29) is 63.3 Å². The summed E-state index contributed by atoms with van der Waals surface area (Å²) in [6.45, 7) is 3.42. The van der Waals surface area contributed by atoms with E-state index in [2.05, 4.69) is 26.0 Å². The van der Waals surface area contributed by atoms with Crippen molar-refractivity contribution in [2.75, 3.05) is 31.5 Å². The van der Waals surface area contributed by atoms with Crippen LogP contribution in [-0.2, 0) is 24.6 Å². The largest absolute Gasteiger partial charge is 0.435 e. The Balaban J connectivity index is 0.971. The Morgan fingerprint density at radius 1 is 1.06 bits per heavy atom. The third-order valence-corrected chi connectivity index (χ3v) is 10.4. The standard InChI is InChI=1S/C32H36ClF3N8O3/c1-42-25(23-16-44(13-17-3-2-4-17)41-27(23)32(34,35)36)12-38-28(42)30(46)39-19-5-6-20(24(33)11-19)29(45)40-26-21-14-43(15-22(21)26)31(47)18-7-9-37-10-8-18/h5-6,11-12,16-18,21-22,26,37H,2-4,7-10,13-15H2,1H3,(H,39,46)(H,40,45)/t21-,22+,26?. The number of halogens is 4. The zero-order valence-corrected chi connectivity index (χ0v) is 26.6. The molecular weight excluding hydrogens is 637 g/mol. The Morgan fingerprint density at radius 2 is 1.79 bits per heavy atom. The van der Waals surface area contributed by atoms with E-state index in [0.717, 1.165) is 45.2 Å². The van der Waals surface area contributed by atoms with E-state index in [9.17, 15) is 27.6 Å². The second-order valence-corrected chi connectivity index (χ2v) is 13.6. The fraction of sp³-hybridized carbons (Fsp3) is 0.531. The first-order valence-corrected chi connectivity index (χ1v) is 16.4. The molecule has 1 unspecified atom stereocenters. The van der Waals surface area contributed by atoms with Crippen molar-refractivity contribution in [2.45, 2.75) is 50.9 Å². The first-order valence-electron chi connectivity index (χ1n) is 16.1. The van der Waals surface area contributed by atoms with Gasteiger partial charge < -0.3 is 25.4 Å². The van der Waals surface area contributed by atoms with Crippen LogP contribution in [-0.4, -0.2) is 74.2 Å². The molecule has 3 amide bonds. The number of likely N-dealkylation sites (tertiary alicyclic amines) is 1. The normalized spacial score (nSPS) is 22.9. The molecule has 2 aliphatic heterocycles. The van der Waals surface area contributed by atoms with Crippen LogP contribution in [0.1, 0.15) is 58.8 Å². The lowest BCUT2D eigenvalue weighted by Crippen LogP contribution is -2.43. The maximum atomic E-state index is 13.9. The predicted octanol–water partition coefficient (Wildman–Crippen LogP) is 4.19. The second kappa shape index (κ2) is 12.3. The first-order chi connectivity index (χ1) is 22.5. The molecule has 3 N–H and O–H groups in total. The van der Waals surface area contributed by atoms with Gasteiger partial charge >= 0.3 is 6.18 Å². The van der Waals surface area contributed by atoms with Crippen molar-refractivity contribution < 1.29 is 27.6 Å². The van der Waals surface area contributed by atoms with Gasteiger partial charge in [-0.15, -0.1) is 0 Å². The number of nitrogens with one attached hydrogen (secondary N) is 3. The SMILES string of the molecule is Cn1c(-c2cn(CC3CCC3)nc2C(F)(F)F)cnc1C(=O)Nc1ccc(C(=O)NC2[C@H]3CN(C(=O)C4CCNCC4)C[C@@H]23)c(Cl)c1. The minimum absolute atomic E-state index is 0.0178. The van der Waals surface area contributed by atoms with Gasteiger partial charge in [0.25, 0.3) is 11.8 Å². The van der Waals surface area contributed by atoms with Gasteiger partial charge in [0.2, 0.25) is 5.91 Å². The summed E-state index contributed by atoms with van der Waals surface area (Å²) in [7, 11) is 1.47. The number of fused-ring (bicyclic) bond motifs is 1. The zero-order chi connectivity index (χ0) is 33.0. The number of imidazole rings is 1. The molecule has 250 valence electrons. The van der Waals surface area contributed by atoms with Gasteiger partial charge in [-0.25, -0.2) is 4.98 Å². The molecule has 0 radical (unpaired) electrons. The van der Waals surface area contributed by atoms with Crippen LogP contribution in [0.3, 0.4) is 0 Å². The van der Waals surface area contributed by atoms with Crippen LogP contribution >= 0.6 is 11.6 Å². The van der Waals surface area contributed by atoms with Gasteiger partial charge in [0, 0.05) is 62.4 Å². The smallest absolute Gasteiger partial charge is 0.349 e. The topological polar surface area (TPSA) is 126 Å². The van der Waals surface area contributed by atoms with Crippen LogP contribution in [0.2, 0.25) is 5.02 Å². The molecule has 4 fully saturated rings. The van der Waals surface area contributed by atoms with Crippen molar-refractivity contribution >= 4 is 35.0 Å². The molecule has 4 aliphatic rings. The summed E-state index contributed by atoms with van der Waals surface area (Å²) in [6.07, 6.45) is 2.62. The summed E-state index contributed by atoms with van der Waals surface area (Å²) in [5, 5.41) is 12.9. The number of piperidine rings is 2. The van der Waals surface area contributed by atoms with Gasteiger partial charge in [0.1, 0.15) is 0 Å². The highest BCUT2D eigenvalue weighted by molar-refractivity contribution is 6.34. The average Bonchev–Trinajstić information content (AvgIpc) is 3.44. The molecule has 11 nitrogen and oxygen atoms in total. The van der Waals surface area contributed by atoms with Crippen molar-refractivity contribution in [2.24, 2.45) is 30.7 Å². The summed E-state index contributed by atoms with van der Waals surface area (Å²) < 4.78 is 44.3. The van der Waals surface area contributed by atoms with Crippen molar-refractivity contribution in [3.05, 3.63) is 52.7 Å². The first kappa shape index (κ1) is 31.7. The number of amides is 3. The Bertz CT molecular complexity index is 1700. The van der Waals surface area contributed by atoms with Crippen molar-refractivity contribution in [3.8, 4) is 11.3 Å². The molecule has 3 aromatic rings. The molecule has 47 heavy (non-hydrogen) atoms. The third-order valence-electron chi connectivity index (χ3n) is 10.1. The Kier molecular flexibility index (Phi) is 8.27. The minimum atomic E-state index is -4.68. The summed E-state index contributed by atoms with van der Waals surface area (Å²) in [6, 6.07) is 4.46. The highest BCUT2D eigenvalue weighted by Crippen LogP contribution is 2.46. The van der Waals surface area contributed by atoms with Crippen LogP contribution < -0.4 is 16.0 Å². The van der Waals surface area contributed by atoms with E-state index in [1.807, 2.05) is 4.90 Å². The molecule has 15 heteroatoms. The number of hydrogen-bond donors (Lipinski definition) is 3. The molecule has 0 bridgehead atoms. The fourth-order valence-corrected chi connectivity index (χ4v) is 7.43. The number of anilines is 1. The van der Waals surface area contributed by atoms with E-state index < -0.39 is 17.8 Å². The lowest BCUT2D eigenvalue weighted by molar-refractivity contribution is -0.141. The third kappa shape index (κ3) is 6.24. The Morgan fingerprint density at radius 3 is 2.43 bits per heavy atom. The second-order valence-electron chi connectivity index (χ2n) is 13.2. The molecule has 2 saturated heterocycles. The molecule has 2 aliphatic carbocycles. The van der Waals surface area contributed by atoms with Gasteiger partial charge in [-0.1, -0.05) is 18.0 Å². The van der Waals surface area contributed by atoms with Crippen LogP contribution in [0.4, 0.5) is 18.9 Å². The average molecular weight is 673 g/mol. The molecule has 2 saturated carbocycles. The lowest BCUT2D eigenvalue weighted by atomic mass is 9.85. The van der Waals surface area contributed by atoms with Crippen LogP contribution in [0.15, 0.2) is 30.6 Å². The molecular formula is C32H36ClF3N8O3. The van der Waals surface area contributed by atoms with E-state index in [1.165, 1.54) is 46.9 Å². The monoisotopic (exact) mass is 672 g/mol. The Labute approximate surface area is 274 Å². The van der Waals surface area contributed by atoms with Gasteiger partial charge in [0.05, 0.1) is 28.0 Å². The molecule has 4 heterocycles. The summed E-state index contributed by atoms with van der Waals surface area (Å²) in [4.78, 5) is 45.1. The van der Waals surface area contributed by atoms with Crippen LogP contribution in [0, 0.1) is 23.7 Å². The van der Waals surface area contributed by atoms with E-state index in [1.54, 1.807) is 0 Å². The molecule has 0 spiro atoms. The lowest BCUT2D eigenvalue weighted by Gasteiger charge is -2.28. The van der Waals surface area contributed by atoms with Crippen LogP contribution in [0.5, 0.6) is 0 Å². The number of hydrogen-bond acceptors (Lipinski definition) is 6. The Hall–Kier alpha value is -3.91. The number of carbonyl (C=O) groups is 3. The number of alkyl halides is 3. The number of nitrogens with zero attached hydrogens (tertiary/aromatic N) is 5. The van der Waals surface area contributed by atoms with Crippen molar-refractivity contribution in [1.29, 1.82) is 0 Å². The highest BCUT2D eigenvalue weighted by Gasteiger charge is 2.57. The molecule has 2 aromatic heterocycles. The summed E-state index contributed by atoms with van der Waals surface area (Å²) in [5.41, 5.74) is -0.526. The maximum absolute atomic E-state index is 13.9. The summed E-state index contributed by atoms with van der Waals surface area (Å²) in [5.74, 6) is -0.0393. The van der Waals surface area contributed by atoms with Gasteiger partial charge in [0.15, 0.2) is 11.5 Å². The highest BCUT2D eigenvalue weighted by atomic mass is 35.5. The fourth-order valence-electron chi connectivity index (χ4n) is 7.16. The van der Waals surface area contributed by atoms with E-state index in [4.69, 9.17) is 11.6 Å². The predicted molar refractivity (Wildman–Crippen MR) is 167 cm³/mol. The van der Waals surface area contributed by atoms with E-state index >= 15 is 0 Å². The molecule has 3 atom stereocenters. The maximum Gasteiger partial charge on any atom is 0.435 e. The van der Waals surface area contributed by atoms with Crippen molar-refractivity contribution in [3.63, 3.8) is 0 Å². The zero-order valence-electron chi connectivity index (χ0n) is 25.8. The number of aromatic nitrogens is 4. The van der Waals surface area contributed by atoms with Crippen molar-refractivity contribution in [1.82, 2.24) is 34.9 Å². The van der Waals surface area contributed by atoms with Gasteiger partial charge in [-0.05, 0) is 62.9 Å².